The Kier molecular flexibility index (Phi) is 6.77. The quantitative estimate of drug-likeness (QED) is 0.629. The molecular formula is C22H27ClN4O6S2. The van der Waals surface area contributed by atoms with Crippen LogP contribution in [0.2, 0.25) is 5.02 Å². The molecule has 2 aliphatic rings. The molecule has 1 fully saturated rings. The molecule has 1 amide bonds. The molecule has 4 heterocycles. The standard InChI is InChI=1S/C22H27ClN4O6S2/c1-21(2,3)33-20(28)25-19-26-22(12-32-7-6-17(22)35(29,30)27(19)4)18-15(23)9-16(34-18)13-8-14(31-5)11-24-10-13/h8-11,17H,6-7,12H2,1-5H3,(H,25,26,28)/t17?,22-/m0/s1. The average Bonchev–Trinajstić information content (AvgIpc) is 3.18. The Labute approximate surface area is 213 Å². The van der Waals surface area contributed by atoms with E-state index in [1.165, 1.54) is 18.4 Å². The topological polar surface area (TPSA) is 119 Å². The third-order valence-electron chi connectivity index (χ3n) is 5.65. The number of rotatable bonds is 3. The van der Waals surface area contributed by atoms with Crippen LogP contribution in [-0.4, -0.2) is 68.0 Å². The molecule has 0 aliphatic carbocycles. The van der Waals surface area contributed by atoms with Crippen LogP contribution in [0.1, 0.15) is 32.1 Å². The van der Waals surface area contributed by atoms with Gasteiger partial charge in [0, 0.05) is 30.3 Å². The number of fused-ring (bicyclic) bond motifs is 1. The van der Waals surface area contributed by atoms with Crippen LogP contribution >= 0.6 is 22.9 Å². The van der Waals surface area contributed by atoms with Gasteiger partial charge in [0.1, 0.15) is 22.1 Å². The van der Waals surface area contributed by atoms with Crippen molar-refractivity contribution in [3.8, 4) is 16.2 Å². The van der Waals surface area contributed by atoms with Gasteiger partial charge in [-0.15, -0.1) is 11.3 Å². The molecule has 35 heavy (non-hydrogen) atoms. The number of aromatic nitrogens is 1. The van der Waals surface area contributed by atoms with Crippen LogP contribution in [0, 0.1) is 0 Å². The number of thiophene rings is 1. The zero-order chi connectivity index (χ0) is 25.6. The molecule has 0 aromatic carbocycles. The fourth-order valence-corrected chi connectivity index (χ4v) is 7.62. The van der Waals surface area contributed by atoms with Crippen molar-refractivity contribution in [2.24, 2.45) is 4.99 Å². The molecule has 190 valence electrons. The number of methoxy groups -OCH3 is 1. The number of amides is 1. The van der Waals surface area contributed by atoms with Gasteiger partial charge in [0.2, 0.25) is 16.0 Å². The summed E-state index contributed by atoms with van der Waals surface area (Å²) in [6.07, 6.45) is 2.67. The molecule has 0 spiro atoms. The lowest BCUT2D eigenvalue weighted by molar-refractivity contribution is 0.0380. The van der Waals surface area contributed by atoms with Crippen LogP contribution in [-0.2, 0) is 25.0 Å². The van der Waals surface area contributed by atoms with Crippen LogP contribution in [0.15, 0.2) is 29.5 Å². The Morgan fingerprint density at radius 1 is 1.34 bits per heavy atom. The normalized spacial score (nSPS) is 23.8. The number of pyridine rings is 1. The molecule has 2 aromatic rings. The van der Waals surface area contributed by atoms with Crippen LogP contribution in [0.5, 0.6) is 5.75 Å². The van der Waals surface area contributed by atoms with Gasteiger partial charge >= 0.3 is 6.09 Å². The summed E-state index contributed by atoms with van der Waals surface area (Å²) < 4.78 is 44.5. The van der Waals surface area contributed by atoms with Gasteiger partial charge in [0.05, 0.1) is 29.8 Å². The van der Waals surface area contributed by atoms with Crippen molar-refractivity contribution in [2.75, 3.05) is 27.4 Å². The van der Waals surface area contributed by atoms with Crippen LogP contribution in [0.4, 0.5) is 4.79 Å². The van der Waals surface area contributed by atoms with E-state index in [0.29, 0.717) is 15.6 Å². The summed E-state index contributed by atoms with van der Waals surface area (Å²) in [7, 11) is -1.02. The van der Waals surface area contributed by atoms with Gasteiger partial charge in [-0.25, -0.2) is 22.5 Å². The van der Waals surface area contributed by atoms with Crippen molar-refractivity contribution >= 4 is 45.0 Å². The molecule has 0 saturated carbocycles. The summed E-state index contributed by atoms with van der Waals surface area (Å²) in [4.78, 5) is 22.7. The van der Waals surface area contributed by atoms with Crippen LogP contribution in [0.3, 0.4) is 0 Å². The summed E-state index contributed by atoms with van der Waals surface area (Å²) in [5.41, 5.74) is -1.36. The number of sulfonamides is 1. The number of guanidine groups is 1. The first kappa shape index (κ1) is 25.7. The predicted octanol–water partition coefficient (Wildman–Crippen LogP) is 3.61. The molecule has 1 unspecified atom stereocenters. The Morgan fingerprint density at radius 2 is 2.09 bits per heavy atom. The molecule has 0 bridgehead atoms. The van der Waals surface area contributed by atoms with Gasteiger partial charge in [-0.05, 0) is 39.3 Å². The lowest BCUT2D eigenvalue weighted by Gasteiger charge is -2.45. The third-order valence-corrected chi connectivity index (χ3v) is 9.69. The minimum absolute atomic E-state index is 0.0136. The number of hydrogen-bond donors (Lipinski definition) is 1. The van der Waals surface area contributed by atoms with Crippen molar-refractivity contribution in [3.05, 3.63) is 34.4 Å². The average molecular weight is 543 g/mol. The second-order valence-electron chi connectivity index (χ2n) is 9.23. The maximum absolute atomic E-state index is 13.6. The Morgan fingerprint density at radius 3 is 2.77 bits per heavy atom. The predicted molar refractivity (Wildman–Crippen MR) is 134 cm³/mol. The number of hydrogen-bond acceptors (Lipinski definition) is 9. The van der Waals surface area contributed by atoms with E-state index < -0.39 is 32.5 Å². The highest BCUT2D eigenvalue weighted by molar-refractivity contribution is 7.90. The van der Waals surface area contributed by atoms with Crippen molar-refractivity contribution < 1.29 is 27.4 Å². The zero-order valence-electron chi connectivity index (χ0n) is 20.0. The largest absolute Gasteiger partial charge is 0.495 e. The van der Waals surface area contributed by atoms with E-state index in [1.54, 1.807) is 46.3 Å². The van der Waals surface area contributed by atoms with E-state index in [2.05, 4.69) is 10.3 Å². The second kappa shape index (κ2) is 9.23. The van der Waals surface area contributed by atoms with Crippen molar-refractivity contribution in [1.29, 1.82) is 0 Å². The van der Waals surface area contributed by atoms with Gasteiger partial charge in [-0.2, -0.15) is 0 Å². The fraction of sp³-hybridized carbons (Fsp3) is 0.500. The summed E-state index contributed by atoms with van der Waals surface area (Å²) >= 11 is 8.01. The Hall–Kier alpha value is -2.41. The first-order valence-corrected chi connectivity index (χ1v) is 13.5. The molecule has 2 aromatic heterocycles. The van der Waals surface area contributed by atoms with Gasteiger partial charge in [0.15, 0.2) is 0 Å². The molecule has 1 N–H and O–H groups in total. The molecule has 0 radical (unpaired) electrons. The Balaban J connectivity index is 1.83. The lowest BCUT2D eigenvalue weighted by atomic mass is 9.90. The highest BCUT2D eigenvalue weighted by Crippen LogP contribution is 2.49. The number of ether oxygens (including phenoxy) is 3. The first-order chi connectivity index (χ1) is 16.4. The molecule has 10 nitrogen and oxygen atoms in total. The number of nitrogens with zero attached hydrogens (tertiary/aromatic N) is 3. The minimum Gasteiger partial charge on any atom is -0.495 e. The SMILES string of the molecule is COc1cncc(-c2cc(Cl)c([C@]34COCCC3S(=O)(=O)N(C)C(NC(=O)OC(C)(C)C)=N4)s2)c1. The van der Waals surface area contributed by atoms with E-state index in [-0.39, 0.29) is 25.6 Å². The van der Waals surface area contributed by atoms with E-state index in [1.807, 2.05) is 6.07 Å². The lowest BCUT2D eigenvalue weighted by Crippen LogP contribution is -2.62. The first-order valence-electron chi connectivity index (χ1n) is 10.8. The van der Waals surface area contributed by atoms with Crippen LogP contribution in [0.25, 0.3) is 10.4 Å². The van der Waals surface area contributed by atoms with Crippen LogP contribution < -0.4 is 10.1 Å². The third kappa shape index (κ3) is 4.84. The zero-order valence-corrected chi connectivity index (χ0v) is 22.4. The number of carbonyl (C=O) groups is 1. The van der Waals surface area contributed by atoms with Crippen molar-refractivity contribution in [1.82, 2.24) is 14.6 Å². The van der Waals surface area contributed by atoms with E-state index in [9.17, 15) is 13.2 Å². The number of carbonyl (C=O) groups excluding carboxylic acids is 1. The summed E-state index contributed by atoms with van der Waals surface area (Å²) in [5, 5.41) is 1.92. The molecule has 1 saturated heterocycles. The summed E-state index contributed by atoms with van der Waals surface area (Å²) in [6, 6.07) is 3.56. The molecule has 2 atom stereocenters. The van der Waals surface area contributed by atoms with Gasteiger partial charge in [0.25, 0.3) is 0 Å². The van der Waals surface area contributed by atoms with Gasteiger partial charge in [-0.1, -0.05) is 11.6 Å². The van der Waals surface area contributed by atoms with Gasteiger partial charge < -0.3 is 14.2 Å². The number of nitrogens with one attached hydrogen (secondary N) is 1. The van der Waals surface area contributed by atoms with E-state index in [0.717, 1.165) is 14.7 Å². The highest BCUT2D eigenvalue weighted by atomic mass is 35.5. The maximum Gasteiger partial charge on any atom is 0.414 e. The highest BCUT2D eigenvalue weighted by Gasteiger charge is 2.57. The minimum atomic E-state index is -3.92. The number of aliphatic imine (C=N–C) groups is 1. The molecule has 13 heteroatoms. The second-order valence-corrected chi connectivity index (χ2v) is 12.8. The fourth-order valence-electron chi connectivity index (χ4n) is 4.06. The number of alkyl carbamates (subject to hydrolysis) is 1. The molecule has 4 rings (SSSR count). The van der Waals surface area contributed by atoms with E-state index >= 15 is 0 Å². The van der Waals surface area contributed by atoms with E-state index in [4.69, 9.17) is 30.8 Å². The summed E-state index contributed by atoms with van der Waals surface area (Å²) in [5.74, 6) is 0.421. The van der Waals surface area contributed by atoms with Crippen molar-refractivity contribution in [3.63, 3.8) is 0 Å². The Bertz CT molecular complexity index is 1270. The summed E-state index contributed by atoms with van der Waals surface area (Å²) in [6.45, 7) is 5.38. The molecule has 2 aliphatic heterocycles. The molecular weight excluding hydrogens is 516 g/mol. The number of halogens is 1. The monoisotopic (exact) mass is 542 g/mol. The van der Waals surface area contributed by atoms with Gasteiger partial charge in [-0.3, -0.25) is 10.3 Å². The smallest absolute Gasteiger partial charge is 0.414 e. The maximum atomic E-state index is 13.6. The van der Waals surface area contributed by atoms with Crippen molar-refractivity contribution in [2.45, 2.75) is 43.6 Å².